The molecule has 0 aliphatic heterocycles. The van der Waals surface area contributed by atoms with Crippen molar-refractivity contribution in [2.75, 3.05) is 6.54 Å². The molecule has 0 bridgehead atoms. The standard InChI is InChI=1S/C15H21NO2/c1-12(13-7-3-2-4-8-13)18-15(17)11-16-14-9-5-6-10-14/h2-4,7-8,12,14,16H,5-6,9-11H2,1H3. The Hall–Kier alpha value is -1.35. The van der Waals surface area contributed by atoms with Gasteiger partial charge in [-0.3, -0.25) is 4.79 Å². The first kappa shape index (κ1) is 13.1. The number of ether oxygens (including phenoxy) is 1. The second kappa shape index (κ2) is 6.55. The van der Waals surface area contributed by atoms with E-state index in [2.05, 4.69) is 5.32 Å². The van der Waals surface area contributed by atoms with Gasteiger partial charge in [0.25, 0.3) is 0 Å². The van der Waals surface area contributed by atoms with E-state index in [0.29, 0.717) is 12.6 Å². The summed E-state index contributed by atoms with van der Waals surface area (Å²) < 4.78 is 5.39. The Kier molecular flexibility index (Phi) is 4.76. The molecule has 2 rings (SSSR count). The van der Waals surface area contributed by atoms with Crippen LogP contribution in [0.3, 0.4) is 0 Å². The van der Waals surface area contributed by atoms with Crippen LogP contribution in [0.25, 0.3) is 0 Å². The molecule has 1 atom stereocenters. The smallest absolute Gasteiger partial charge is 0.320 e. The Morgan fingerprint density at radius 1 is 1.33 bits per heavy atom. The summed E-state index contributed by atoms with van der Waals surface area (Å²) in [5.74, 6) is -0.168. The van der Waals surface area contributed by atoms with E-state index in [4.69, 9.17) is 4.74 Å². The molecule has 1 aliphatic carbocycles. The number of hydrogen-bond donors (Lipinski definition) is 1. The number of carbonyl (C=O) groups excluding carboxylic acids is 1. The largest absolute Gasteiger partial charge is 0.457 e. The highest BCUT2D eigenvalue weighted by Crippen LogP contribution is 2.18. The van der Waals surface area contributed by atoms with Crippen molar-refractivity contribution in [3.05, 3.63) is 35.9 Å². The molecule has 0 heterocycles. The van der Waals surface area contributed by atoms with Gasteiger partial charge in [-0.2, -0.15) is 0 Å². The lowest BCUT2D eigenvalue weighted by Crippen LogP contribution is -2.32. The number of nitrogens with one attached hydrogen (secondary N) is 1. The van der Waals surface area contributed by atoms with Crippen LogP contribution in [0.15, 0.2) is 30.3 Å². The SMILES string of the molecule is CC(OC(=O)CNC1CCCC1)c1ccccc1. The van der Waals surface area contributed by atoms with Crippen LogP contribution in [0.5, 0.6) is 0 Å². The first-order valence-corrected chi connectivity index (χ1v) is 6.73. The maximum atomic E-state index is 11.7. The minimum Gasteiger partial charge on any atom is -0.457 e. The predicted octanol–water partition coefficient (Wildman–Crippen LogP) is 2.82. The fourth-order valence-electron chi connectivity index (χ4n) is 2.39. The fraction of sp³-hybridized carbons (Fsp3) is 0.533. The number of carbonyl (C=O) groups is 1. The molecular weight excluding hydrogens is 226 g/mol. The van der Waals surface area contributed by atoms with E-state index in [0.717, 1.165) is 5.56 Å². The van der Waals surface area contributed by atoms with Crippen LogP contribution in [-0.4, -0.2) is 18.6 Å². The summed E-state index contributed by atoms with van der Waals surface area (Å²) in [6.45, 7) is 2.23. The summed E-state index contributed by atoms with van der Waals surface area (Å²) in [5, 5.41) is 3.26. The van der Waals surface area contributed by atoms with Gasteiger partial charge in [0.1, 0.15) is 6.10 Å². The van der Waals surface area contributed by atoms with Crippen molar-refractivity contribution in [3.8, 4) is 0 Å². The highest BCUT2D eigenvalue weighted by Gasteiger charge is 2.17. The van der Waals surface area contributed by atoms with Crippen LogP contribution in [0.1, 0.15) is 44.3 Å². The molecule has 0 amide bonds. The Bertz CT molecular complexity index is 371. The first-order valence-electron chi connectivity index (χ1n) is 6.73. The molecule has 1 aromatic carbocycles. The number of rotatable bonds is 5. The van der Waals surface area contributed by atoms with Gasteiger partial charge in [0.2, 0.25) is 0 Å². The number of benzene rings is 1. The van der Waals surface area contributed by atoms with Gasteiger partial charge in [-0.15, -0.1) is 0 Å². The van der Waals surface area contributed by atoms with Crippen LogP contribution in [-0.2, 0) is 9.53 Å². The zero-order chi connectivity index (χ0) is 12.8. The average Bonchev–Trinajstić information content (AvgIpc) is 2.90. The van der Waals surface area contributed by atoms with Gasteiger partial charge in [-0.1, -0.05) is 43.2 Å². The zero-order valence-electron chi connectivity index (χ0n) is 10.9. The van der Waals surface area contributed by atoms with E-state index in [9.17, 15) is 4.79 Å². The minimum atomic E-state index is -0.177. The molecule has 0 spiro atoms. The molecule has 98 valence electrons. The van der Waals surface area contributed by atoms with Gasteiger partial charge in [0, 0.05) is 6.04 Å². The Balaban J connectivity index is 1.73. The lowest BCUT2D eigenvalue weighted by atomic mass is 10.1. The normalized spacial score (nSPS) is 17.6. The lowest BCUT2D eigenvalue weighted by molar-refractivity contribution is -0.147. The van der Waals surface area contributed by atoms with Gasteiger partial charge >= 0.3 is 5.97 Å². The van der Waals surface area contributed by atoms with Crippen molar-refractivity contribution in [2.45, 2.75) is 44.8 Å². The van der Waals surface area contributed by atoms with E-state index in [1.54, 1.807) is 0 Å². The second-order valence-electron chi connectivity index (χ2n) is 4.91. The molecule has 18 heavy (non-hydrogen) atoms. The van der Waals surface area contributed by atoms with Crippen molar-refractivity contribution in [3.63, 3.8) is 0 Å². The summed E-state index contributed by atoms with van der Waals surface area (Å²) >= 11 is 0. The molecule has 0 aromatic heterocycles. The molecule has 1 aromatic rings. The molecule has 1 unspecified atom stereocenters. The molecule has 0 radical (unpaired) electrons. The summed E-state index contributed by atoms with van der Waals surface area (Å²) in [4.78, 5) is 11.7. The van der Waals surface area contributed by atoms with Gasteiger partial charge < -0.3 is 10.1 Å². The third-order valence-electron chi connectivity index (χ3n) is 3.47. The third-order valence-corrected chi connectivity index (χ3v) is 3.47. The number of hydrogen-bond acceptors (Lipinski definition) is 3. The summed E-state index contributed by atoms with van der Waals surface area (Å²) in [7, 11) is 0. The van der Waals surface area contributed by atoms with E-state index in [-0.39, 0.29) is 12.1 Å². The Morgan fingerprint density at radius 3 is 2.67 bits per heavy atom. The number of esters is 1. The van der Waals surface area contributed by atoms with Crippen LogP contribution >= 0.6 is 0 Å². The highest BCUT2D eigenvalue weighted by atomic mass is 16.5. The van der Waals surface area contributed by atoms with Crippen LogP contribution in [0.4, 0.5) is 0 Å². The van der Waals surface area contributed by atoms with E-state index >= 15 is 0 Å². The average molecular weight is 247 g/mol. The zero-order valence-corrected chi connectivity index (χ0v) is 10.9. The molecule has 1 fully saturated rings. The molecule has 1 N–H and O–H groups in total. The topological polar surface area (TPSA) is 38.3 Å². The predicted molar refractivity (Wildman–Crippen MR) is 71.2 cm³/mol. The monoisotopic (exact) mass is 247 g/mol. The van der Waals surface area contributed by atoms with Gasteiger partial charge in [-0.05, 0) is 25.3 Å². The fourth-order valence-corrected chi connectivity index (χ4v) is 2.39. The maximum absolute atomic E-state index is 11.7. The van der Waals surface area contributed by atoms with E-state index < -0.39 is 0 Å². The van der Waals surface area contributed by atoms with Gasteiger partial charge in [0.15, 0.2) is 0 Å². The molecule has 3 nitrogen and oxygen atoms in total. The Labute approximate surface area is 109 Å². The van der Waals surface area contributed by atoms with E-state index in [1.807, 2.05) is 37.3 Å². The van der Waals surface area contributed by atoms with Crippen LogP contribution < -0.4 is 5.32 Å². The summed E-state index contributed by atoms with van der Waals surface area (Å²) in [6.07, 6.45) is 4.73. The summed E-state index contributed by atoms with van der Waals surface area (Å²) in [5.41, 5.74) is 1.03. The maximum Gasteiger partial charge on any atom is 0.320 e. The molecule has 3 heteroatoms. The lowest BCUT2D eigenvalue weighted by Gasteiger charge is -2.15. The van der Waals surface area contributed by atoms with Crippen molar-refractivity contribution in [1.82, 2.24) is 5.32 Å². The van der Waals surface area contributed by atoms with Gasteiger partial charge in [0.05, 0.1) is 6.54 Å². The second-order valence-corrected chi connectivity index (χ2v) is 4.91. The van der Waals surface area contributed by atoms with Crippen LogP contribution in [0.2, 0.25) is 0 Å². The highest BCUT2D eigenvalue weighted by molar-refractivity contribution is 5.72. The Morgan fingerprint density at radius 2 is 2.00 bits per heavy atom. The van der Waals surface area contributed by atoms with Crippen molar-refractivity contribution in [1.29, 1.82) is 0 Å². The van der Waals surface area contributed by atoms with Crippen molar-refractivity contribution in [2.24, 2.45) is 0 Å². The summed E-state index contributed by atoms with van der Waals surface area (Å²) in [6, 6.07) is 10.3. The first-order chi connectivity index (χ1) is 8.75. The minimum absolute atomic E-state index is 0.168. The molecule has 1 aliphatic rings. The molecule has 1 saturated carbocycles. The van der Waals surface area contributed by atoms with E-state index in [1.165, 1.54) is 25.7 Å². The third kappa shape index (κ3) is 3.84. The molecule has 0 saturated heterocycles. The quantitative estimate of drug-likeness (QED) is 0.813. The van der Waals surface area contributed by atoms with Crippen molar-refractivity contribution < 1.29 is 9.53 Å². The van der Waals surface area contributed by atoms with Crippen molar-refractivity contribution >= 4 is 5.97 Å². The van der Waals surface area contributed by atoms with Gasteiger partial charge in [-0.25, -0.2) is 0 Å². The van der Waals surface area contributed by atoms with Crippen LogP contribution in [0, 0.1) is 0 Å². The molecular formula is C15H21NO2.